The first-order valence-corrected chi connectivity index (χ1v) is 8.35. The zero-order valence-corrected chi connectivity index (χ0v) is 14.7. The number of rotatable bonds is 5. The summed E-state index contributed by atoms with van der Waals surface area (Å²) in [6.07, 6.45) is 0.481. The van der Waals surface area contributed by atoms with Crippen LogP contribution >= 0.6 is 15.9 Å². The Morgan fingerprint density at radius 1 is 1.21 bits per heavy atom. The van der Waals surface area contributed by atoms with E-state index in [1.54, 1.807) is 6.07 Å². The number of carbonyl (C=O) groups is 1. The molecule has 3 rings (SSSR count). The predicted octanol–water partition coefficient (Wildman–Crippen LogP) is 3.78. The van der Waals surface area contributed by atoms with Gasteiger partial charge in [-0.3, -0.25) is 4.79 Å². The lowest BCUT2D eigenvalue weighted by atomic mass is 10.1. The van der Waals surface area contributed by atoms with Gasteiger partial charge in [0, 0.05) is 23.0 Å². The van der Waals surface area contributed by atoms with E-state index < -0.39 is 0 Å². The van der Waals surface area contributed by atoms with Crippen LogP contribution in [0.4, 0.5) is 0 Å². The molecular formula is C18H16BrN3O2. The van der Waals surface area contributed by atoms with Crippen molar-refractivity contribution in [3.63, 3.8) is 0 Å². The highest BCUT2D eigenvalue weighted by molar-refractivity contribution is 9.10. The van der Waals surface area contributed by atoms with Crippen molar-refractivity contribution in [2.75, 3.05) is 6.54 Å². The molecule has 1 N–H and O–H groups in total. The highest BCUT2D eigenvalue weighted by Gasteiger charge is 2.11. The fourth-order valence-corrected chi connectivity index (χ4v) is 2.75. The fraction of sp³-hybridized carbons (Fsp3) is 0.167. The third-order valence-corrected chi connectivity index (χ3v) is 4.18. The minimum absolute atomic E-state index is 0.138. The average molecular weight is 386 g/mol. The van der Waals surface area contributed by atoms with Gasteiger partial charge in [-0.25, -0.2) is 0 Å². The molecule has 0 atom stereocenters. The van der Waals surface area contributed by atoms with E-state index in [2.05, 4.69) is 31.4 Å². The van der Waals surface area contributed by atoms with Crippen LogP contribution in [0.2, 0.25) is 0 Å². The summed E-state index contributed by atoms with van der Waals surface area (Å²) in [6, 6.07) is 15.2. The Hall–Kier alpha value is -2.47. The molecule has 0 radical (unpaired) electrons. The second-order valence-electron chi connectivity index (χ2n) is 5.37. The van der Waals surface area contributed by atoms with Crippen LogP contribution in [0.25, 0.3) is 11.4 Å². The Morgan fingerprint density at radius 3 is 2.83 bits per heavy atom. The maximum Gasteiger partial charge on any atom is 0.252 e. The Balaban J connectivity index is 1.58. The van der Waals surface area contributed by atoms with E-state index in [0.717, 1.165) is 15.6 Å². The molecule has 0 aliphatic rings. The van der Waals surface area contributed by atoms with Gasteiger partial charge < -0.3 is 9.84 Å². The molecule has 24 heavy (non-hydrogen) atoms. The van der Waals surface area contributed by atoms with E-state index in [0.29, 0.717) is 30.2 Å². The van der Waals surface area contributed by atoms with Crippen molar-refractivity contribution in [1.29, 1.82) is 0 Å². The number of benzene rings is 2. The van der Waals surface area contributed by atoms with Crippen molar-refractivity contribution in [3.8, 4) is 11.4 Å². The Bertz CT molecular complexity index is 861. The van der Waals surface area contributed by atoms with E-state index in [1.165, 1.54) is 0 Å². The SMILES string of the molecule is Cc1cccc(-c2noc(CCNC(=O)c3ccccc3Br)n2)c1. The zero-order chi connectivity index (χ0) is 16.9. The third kappa shape index (κ3) is 3.89. The molecule has 0 unspecified atom stereocenters. The van der Waals surface area contributed by atoms with E-state index in [-0.39, 0.29) is 5.91 Å². The molecule has 0 bridgehead atoms. The molecular weight excluding hydrogens is 370 g/mol. The normalized spacial score (nSPS) is 10.6. The summed E-state index contributed by atoms with van der Waals surface area (Å²) in [5, 5.41) is 6.84. The van der Waals surface area contributed by atoms with Gasteiger partial charge in [-0.05, 0) is 41.1 Å². The summed E-state index contributed by atoms with van der Waals surface area (Å²) >= 11 is 3.37. The number of aromatic nitrogens is 2. The lowest BCUT2D eigenvalue weighted by molar-refractivity contribution is 0.0952. The van der Waals surface area contributed by atoms with Gasteiger partial charge in [0.25, 0.3) is 5.91 Å². The van der Waals surface area contributed by atoms with Crippen molar-refractivity contribution in [2.45, 2.75) is 13.3 Å². The van der Waals surface area contributed by atoms with Gasteiger partial charge in [-0.1, -0.05) is 41.1 Å². The molecule has 1 amide bonds. The van der Waals surface area contributed by atoms with Gasteiger partial charge in [0.15, 0.2) is 0 Å². The molecule has 3 aromatic rings. The second-order valence-corrected chi connectivity index (χ2v) is 6.22. The molecule has 1 heterocycles. The number of carbonyl (C=O) groups excluding carboxylic acids is 1. The minimum Gasteiger partial charge on any atom is -0.351 e. The molecule has 5 nitrogen and oxygen atoms in total. The van der Waals surface area contributed by atoms with Crippen LogP contribution in [0.1, 0.15) is 21.8 Å². The lowest BCUT2D eigenvalue weighted by Gasteiger charge is -2.05. The smallest absolute Gasteiger partial charge is 0.252 e. The summed E-state index contributed by atoms with van der Waals surface area (Å²) in [5.74, 6) is 0.922. The number of hydrogen-bond donors (Lipinski definition) is 1. The van der Waals surface area contributed by atoms with Gasteiger partial charge in [0.2, 0.25) is 11.7 Å². The zero-order valence-electron chi connectivity index (χ0n) is 13.1. The number of hydrogen-bond acceptors (Lipinski definition) is 4. The summed E-state index contributed by atoms with van der Waals surface area (Å²) in [6.45, 7) is 2.44. The Labute approximate surface area is 148 Å². The topological polar surface area (TPSA) is 68.0 Å². The first-order valence-electron chi connectivity index (χ1n) is 7.56. The quantitative estimate of drug-likeness (QED) is 0.725. The number of aryl methyl sites for hydroxylation is 1. The summed E-state index contributed by atoms with van der Waals surface area (Å²) < 4.78 is 6.01. The van der Waals surface area contributed by atoms with Crippen LogP contribution in [0, 0.1) is 6.92 Å². The van der Waals surface area contributed by atoms with Gasteiger partial charge >= 0.3 is 0 Å². The second kappa shape index (κ2) is 7.40. The van der Waals surface area contributed by atoms with Crippen LogP contribution in [0.5, 0.6) is 0 Å². The van der Waals surface area contributed by atoms with Gasteiger partial charge in [0.05, 0.1) is 5.56 Å². The Morgan fingerprint density at radius 2 is 2.04 bits per heavy atom. The standard InChI is InChI=1S/C18H16BrN3O2/c1-12-5-4-6-13(11-12)17-21-16(24-22-17)9-10-20-18(23)14-7-2-3-8-15(14)19/h2-8,11H,9-10H2,1H3,(H,20,23). The van der Waals surface area contributed by atoms with Gasteiger partial charge in [-0.2, -0.15) is 4.98 Å². The molecule has 122 valence electrons. The van der Waals surface area contributed by atoms with Crippen LogP contribution < -0.4 is 5.32 Å². The summed E-state index contributed by atoms with van der Waals surface area (Å²) in [5.41, 5.74) is 2.66. The van der Waals surface area contributed by atoms with Crippen molar-refractivity contribution in [2.24, 2.45) is 0 Å². The van der Waals surface area contributed by atoms with Gasteiger partial charge in [-0.15, -0.1) is 0 Å². The van der Waals surface area contributed by atoms with E-state index >= 15 is 0 Å². The van der Waals surface area contributed by atoms with Crippen molar-refractivity contribution >= 4 is 21.8 Å². The molecule has 0 saturated carbocycles. The highest BCUT2D eigenvalue weighted by atomic mass is 79.9. The maximum atomic E-state index is 12.1. The fourth-order valence-electron chi connectivity index (χ4n) is 2.28. The number of nitrogens with zero attached hydrogens (tertiary/aromatic N) is 2. The minimum atomic E-state index is -0.138. The number of amides is 1. The van der Waals surface area contributed by atoms with Crippen molar-refractivity contribution in [3.05, 3.63) is 70.0 Å². The largest absolute Gasteiger partial charge is 0.351 e. The number of halogens is 1. The molecule has 0 fully saturated rings. The van der Waals surface area contributed by atoms with Crippen molar-refractivity contribution < 1.29 is 9.32 Å². The first kappa shape index (κ1) is 16.4. The van der Waals surface area contributed by atoms with E-state index in [1.807, 2.05) is 49.4 Å². The number of nitrogens with one attached hydrogen (secondary N) is 1. The third-order valence-electron chi connectivity index (χ3n) is 3.49. The predicted molar refractivity (Wildman–Crippen MR) is 94.7 cm³/mol. The molecule has 6 heteroatoms. The molecule has 0 aliphatic heterocycles. The molecule has 1 aromatic heterocycles. The van der Waals surface area contributed by atoms with Crippen LogP contribution in [0.3, 0.4) is 0 Å². The lowest BCUT2D eigenvalue weighted by Crippen LogP contribution is -2.26. The summed E-state index contributed by atoms with van der Waals surface area (Å²) in [7, 11) is 0. The average Bonchev–Trinajstić information content (AvgIpc) is 3.04. The first-order chi connectivity index (χ1) is 11.6. The van der Waals surface area contributed by atoms with Crippen molar-refractivity contribution in [1.82, 2.24) is 15.5 Å². The van der Waals surface area contributed by atoms with Crippen LogP contribution in [0.15, 0.2) is 57.5 Å². The monoisotopic (exact) mass is 385 g/mol. The molecule has 2 aromatic carbocycles. The van der Waals surface area contributed by atoms with Crippen LogP contribution in [-0.2, 0) is 6.42 Å². The van der Waals surface area contributed by atoms with E-state index in [9.17, 15) is 4.79 Å². The Kier molecular flexibility index (Phi) is 5.05. The highest BCUT2D eigenvalue weighted by Crippen LogP contribution is 2.17. The molecule has 0 spiro atoms. The molecule has 0 saturated heterocycles. The molecule has 0 aliphatic carbocycles. The van der Waals surface area contributed by atoms with Crippen LogP contribution in [-0.4, -0.2) is 22.6 Å². The van der Waals surface area contributed by atoms with Gasteiger partial charge in [0.1, 0.15) is 0 Å². The summed E-state index contributed by atoms with van der Waals surface area (Å²) in [4.78, 5) is 16.5. The maximum absolute atomic E-state index is 12.1. The van der Waals surface area contributed by atoms with E-state index in [4.69, 9.17) is 4.52 Å².